The van der Waals surface area contributed by atoms with Gasteiger partial charge in [-0.15, -0.1) is 5.10 Å². The third kappa shape index (κ3) is 2.50. The van der Waals surface area contributed by atoms with Crippen LogP contribution in [0.4, 0.5) is 5.69 Å². The number of sulfonamides is 1. The van der Waals surface area contributed by atoms with Gasteiger partial charge < -0.3 is 5.11 Å². The first kappa shape index (κ1) is 14.8. The Labute approximate surface area is 124 Å². The second-order valence-corrected chi connectivity index (χ2v) is 6.67. The molecule has 0 aliphatic carbocycles. The minimum absolute atomic E-state index is 0.0624. The van der Waals surface area contributed by atoms with Gasteiger partial charge in [0, 0.05) is 12.6 Å². The molecule has 7 nitrogen and oxygen atoms in total. The Morgan fingerprint density at radius 2 is 2.00 bits per heavy atom. The number of rotatable bonds is 3. The summed E-state index contributed by atoms with van der Waals surface area (Å²) in [4.78, 5) is 0. The molecule has 2 N–H and O–H groups in total. The van der Waals surface area contributed by atoms with Crippen molar-refractivity contribution in [2.75, 3.05) is 4.72 Å². The van der Waals surface area contributed by atoms with Crippen LogP contribution in [0.1, 0.15) is 11.1 Å². The SMILES string of the molecule is Cc1ccc(NS(=O)(=O)c2c(Br)nnn2C)c(C)c1O. The zero-order valence-corrected chi connectivity index (χ0v) is 13.4. The van der Waals surface area contributed by atoms with E-state index in [-0.39, 0.29) is 15.4 Å². The summed E-state index contributed by atoms with van der Waals surface area (Å²) in [6, 6.07) is 3.23. The molecule has 0 spiro atoms. The molecule has 0 amide bonds. The lowest BCUT2D eigenvalue weighted by Gasteiger charge is -2.12. The number of hydrogen-bond acceptors (Lipinski definition) is 5. The average Bonchev–Trinajstić information content (AvgIpc) is 2.70. The zero-order chi connectivity index (χ0) is 15.1. The first-order chi connectivity index (χ1) is 9.24. The lowest BCUT2D eigenvalue weighted by atomic mass is 10.1. The Hall–Kier alpha value is -1.61. The van der Waals surface area contributed by atoms with Gasteiger partial charge in [0.05, 0.1) is 5.69 Å². The largest absolute Gasteiger partial charge is 0.507 e. The number of aryl methyl sites for hydroxylation is 2. The number of nitrogens with zero attached hydrogens (tertiary/aromatic N) is 3. The Balaban J connectivity index is 2.47. The molecule has 9 heteroatoms. The Bertz CT molecular complexity index is 751. The van der Waals surface area contributed by atoms with Crippen LogP contribution in [0.25, 0.3) is 0 Å². The Kier molecular flexibility index (Phi) is 3.74. The molecular weight excluding hydrogens is 348 g/mol. The van der Waals surface area contributed by atoms with Crippen molar-refractivity contribution < 1.29 is 13.5 Å². The van der Waals surface area contributed by atoms with Crippen LogP contribution < -0.4 is 4.72 Å². The highest BCUT2D eigenvalue weighted by molar-refractivity contribution is 9.10. The van der Waals surface area contributed by atoms with Crippen molar-refractivity contribution in [3.63, 3.8) is 0 Å². The van der Waals surface area contributed by atoms with Gasteiger partial charge in [-0.25, -0.2) is 4.68 Å². The van der Waals surface area contributed by atoms with E-state index in [1.54, 1.807) is 26.0 Å². The summed E-state index contributed by atoms with van der Waals surface area (Å²) in [5, 5.41) is 17.0. The number of anilines is 1. The lowest BCUT2D eigenvalue weighted by Crippen LogP contribution is -2.17. The number of benzene rings is 1. The fourth-order valence-corrected chi connectivity index (χ4v) is 3.97. The number of phenolic OH excluding ortho intramolecular Hbond substituents is 1. The normalized spacial score (nSPS) is 11.6. The standard InChI is InChI=1S/C11H13BrN4O3S/c1-6-4-5-8(7(2)9(6)17)14-20(18,19)11-10(12)13-15-16(11)3/h4-5,14,17H,1-3H3. The minimum Gasteiger partial charge on any atom is -0.507 e. The second kappa shape index (κ2) is 5.06. The van der Waals surface area contributed by atoms with Gasteiger partial charge >= 0.3 is 0 Å². The molecule has 0 radical (unpaired) electrons. The van der Waals surface area contributed by atoms with Crippen LogP contribution in [0.2, 0.25) is 0 Å². The van der Waals surface area contributed by atoms with E-state index in [1.807, 2.05) is 0 Å². The maximum absolute atomic E-state index is 12.3. The predicted molar refractivity (Wildman–Crippen MR) is 77.1 cm³/mol. The highest BCUT2D eigenvalue weighted by Gasteiger charge is 2.25. The summed E-state index contributed by atoms with van der Waals surface area (Å²) in [7, 11) is -2.38. The maximum Gasteiger partial charge on any atom is 0.281 e. The van der Waals surface area contributed by atoms with Crippen molar-refractivity contribution in [2.45, 2.75) is 18.9 Å². The number of aromatic nitrogens is 3. The molecule has 2 rings (SSSR count). The maximum atomic E-state index is 12.3. The molecular formula is C11H13BrN4O3S. The molecule has 108 valence electrons. The van der Waals surface area contributed by atoms with E-state index in [9.17, 15) is 13.5 Å². The molecule has 1 aromatic heterocycles. The van der Waals surface area contributed by atoms with Gasteiger partial charge in [0.25, 0.3) is 10.0 Å². The molecule has 1 heterocycles. The van der Waals surface area contributed by atoms with Crippen molar-refractivity contribution in [3.8, 4) is 5.75 Å². The van der Waals surface area contributed by atoms with Crippen molar-refractivity contribution in [2.24, 2.45) is 7.05 Å². The minimum atomic E-state index is -3.85. The second-order valence-electron chi connectivity index (χ2n) is 4.32. The summed E-state index contributed by atoms with van der Waals surface area (Å²) in [5.41, 5.74) is 1.44. The van der Waals surface area contributed by atoms with Crippen LogP contribution in [0.15, 0.2) is 21.8 Å². The van der Waals surface area contributed by atoms with Gasteiger partial charge in [-0.3, -0.25) is 4.72 Å². The molecule has 1 aromatic carbocycles. The Morgan fingerprint density at radius 1 is 1.35 bits per heavy atom. The summed E-state index contributed by atoms with van der Waals surface area (Å²) in [6.45, 7) is 3.37. The molecule has 20 heavy (non-hydrogen) atoms. The molecule has 0 aliphatic heterocycles. The van der Waals surface area contributed by atoms with Crippen molar-refractivity contribution >= 4 is 31.6 Å². The van der Waals surface area contributed by atoms with Crippen LogP contribution in [-0.4, -0.2) is 28.5 Å². The average molecular weight is 361 g/mol. The van der Waals surface area contributed by atoms with E-state index >= 15 is 0 Å². The van der Waals surface area contributed by atoms with Gasteiger partial charge in [-0.05, 0) is 41.4 Å². The lowest BCUT2D eigenvalue weighted by molar-refractivity contribution is 0.467. The Morgan fingerprint density at radius 3 is 2.55 bits per heavy atom. The van der Waals surface area contributed by atoms with E-state index in [1.165, 1.54) is 7.05 Å². The van der Waals surface area contributed by atoms with Crippen molar-refractivity contribution in [1.82, 2.24) is 15.0 Å². The van der Waals surface area contributed by atoms with E-state index in [4.69, 9.17) is 0 Å². The number of nitrogens with one attached hydrogen (secondary N) is 1. The van der Waals surface area contributed by atoms with Gasteiger partial charge in [0.2, 0.25) is 5.03 Å². The van der Waals surface area contributed by atoms with Crippen LogP contribution in [0, 0.1) is 13.8 Å². The van der Waals surface area contributed by atoms with Gasteiger partial charge in [0.1, 0.15) is 5.75 Å². The molecule has 0 saturated carbocycles. The molecule has 0 atom stereocenters. The topological polar surface area (TPSA) is 97.1 Å². The van der Waals surface area contributed by atoms with Crippen LogP contribution in [-0.2, 0) is 17.1 Å². The molecule has 0 unspecified atom stereocenters. The van der Waals surface area contributed by atoms with Crippen molar-refractivity contribution in [1.29, 1.82) is 0 Å². The monoisotopic (exact) mass is 360 g/mol. The highest BCUT2D eigenvalue weighted by Crippen LogP contribution is 2.30. The molecule has 0 aliphatic rings. The van der Waals surface area contributed by atoms with Gasteiger partial charge in [-0.2, -0.15) is 8.42 Å². The van der Waals surface area contributed by atoms with E-state index in [0.29, 0.717) is 16.8 Å². The van der Waals surface area contributed by atoms with E-state index in [0.717, 1.165) is 4.68 Å². The zero-order valence-electron chi connectivity index (χ0n) is 11.0. The molecule has 0 saturated heterocycles. The number of hydrogen-bond donors (Lipinski definition) is 2. The predicted octanol–water partition coefficient (Wildman–Crippen LogP) is 1.70. The number of halogens is 1. The molecule has 0 fully saturated rings. The van der Waals surface area contributed by atoms with Crippen LogP contribution >= 0.6 is 15.9 Å². The summed E-state index contributed by atoms with van der Waals surface area (Å²) in [6.07, 6.45) is 0. The van der Waals surface area contributed by atoms with Gasteiger partial charge in [-0.1, -0.05) is 11.3 Å². The fraction of sp³-hybridized carbons (Fsp3) is 0.273. The quantitative estimate of drug-likeness (QED) is 0.867. The first-order valence-electron chi connectivity index (χ1n) is 5.61. The first-order valence-corrected chi connectivity index (χ1v) is 7.89. The van der Waals surface area contributed by atoms with Crippen molar-refractivity contribution in [3.05, 3.63) is 27.9 Å². The van der Waals surface area contributed by atoms with Gasteiger partial charge in [0.15, 0.2) is 4.60 Å². The summed E-state index contributed by atoms with van der Waals surface area (Å²) in [5.74, 6) is 0.0624. The van der Waals surface area contributed by atoms with Crippen LogP contribution in [0.5, 0.6) is 5.75 Å². The third-order valence-corrected chi connectivity index (χ3v) is 5.12. The smallest absolute Gasteiger partial charge is 0.281 e. The van der Waals surface area contributed by atoms with E-state index < -0.39 is 10.0 Å². The number of aromatic hydroxyl groups is 1. The summed E-state index contributed by atoms with van der Waals surface area (Å²) >= 11 is 3.05. The number of phenols is 1. The van der Waals surface area contributed by atoms with E-state index in [2.05, 4.69) is 31.0 Å². The van der Waals surface area contributed by atoms with Crippen LogP contribution in [0.3, 0.4) is 0 Å². The molecule has 0 bridgehead atoms. The molecule has 2 aromatic rings. The third-order valence-electron chi connectivity index (χ3n) is 2.87. The summed E-state index contributed by atoms with van der Waals surface area (Å²) < 4.78 is 28.4. The fourth-order valence-electron chi connectivity index (χ4n) is 1.75. The highest BCUT2D eigenvalue weighted by atomic mass is 79.9.